The van der Waals surface area contributed by atoms with Gasteiger partial charge in [0.05, 0.1) is 30.8 Å². The van der Waals surface area contributed by atoms with Gasteiger partial charge < -0.3 is 10.1 Å². The number of ether oxygens (including phenoxy) is 1. The maximum absolute atomic E-state index is 13.6. The van der Waals surface area contributed by atoms with Crippen molar-refractivity contribution in [2.45, 2.75) is 0 Å². The van der Waals surface area contributed by atoms with Gasteiger partial charge in [-0.25, -0.2) is 4.99 Å². The summed E-state index contributed by atoms with van der Waals surface area (Å²) < 4.78 is 6.30. The van der Waals surface area contributed by atoms with Gasteiger partial charge in [-0.3, -0.25) is 14.5 Å². The lowest BCUT2D eigenvalue weighted by atomic mass is 10.2. The number of halogens is 5. The number of amidine groups is 1. The van der Waals surface area contributed by atoms with Crippen molar-refractivity contribution >= 4 is 114 Å². The van der Waals surface area contributed by atoms with Crippen LogP contribution in [0.3, 0.4) is 0 Å². The first-order valence-electron chi connectivity index (χ1n) is 12.2. The number of nitrogens with one attached hydrogen (secondary N) is 1. The number of anilines is 2. The molecule has 0 bridgehead atoms. The zero-order valence-electron chi connectivity index (χ0n) is 21.3. The van der Waals surface area contributed by atoms with Gasteiger partial charge in [0.15, 0.2) is 11.8 Å². The molecule has 0 aromatic heterocycles. The Labute approximate surface area is 274 Å². The van der Waals surface area contributed by atoms with E-state index in [9.17, 15) is 9.59 Å². The van der Waals surface area contributed by atoms with Crippen molar-refractivity contribution < 1.29 is 14.3 Å². The summed E-state index contributed by atoms with van der Waals surface area (Å²) in [7, 11) is 0. The minimum Gasteiger partial charge on any atom is -0.483 e. The predicted molar refractivity (Wildman–Crippen MR) is 178 cm³/mol. The molecule has 0 unspecified atom stereocenters. The molecule has 0 atom stereocenters. The van der Waals surface area contributed by atoms with E-state index in [1.807, 2.05) is 0 Å². The van der Waals surface area contributed by atoms with Gasteiger partial charge in [0, 0.05) is 15.7 Å². The van der Waals surface area contributed by atoms with Gasteiger partial charge in [-0.1, -0.05) is 52.5 Å². The number of benzene rings is 4. The van der Waals surface area contributed by atoms with Crippen LogP contribution in [0.25, 0.3) is 6.08 Å². The Morgan fingerprint density at radius 2 is 1.60 bits per heavy atom. The van der Waals surface area contributed by atoms with Crippen molar-refractivity contribution in [2.24, 2.45) is 4.99 Å². The number of hydrogen-bond donors (Lipinski definition) is 1. The van der Waals surface area contributed by atoms with Gasteiger partial charge in [0.2, 0.25) is 0 Å². The second kappa shape index (κ2) is 13.5. The molecule has 4 aromatic rings. The minimum absolute atomic E-state index is 0.228. The molecule has 0 spiro atoms. The topological polar surface area (TPSA) is 71.0 Å². The summed E-state index contributed by atoms with van der Waals surface area (Å²) in [5.74, 6) is -0.140. The quantitative estimate of drug-likeness (QED) is 0.193. The molecule has 2 amide bonds. The van der Waals surface area contributed by atoms with Crippen molar-refractivity contribution in [2.75, 3.05) is 16.8 Å². The highest BCUT2D eigenvalue weighted by atomic mass is 79.9. The van der Waals surface area contributed by atoms with Crippen LogP contribution in [0, 0.1) is 0 Å². The van der Waals surface area contributed by atoms with Crippen molar-refractivity contribution in [1.29, 1.82) is 0 Å². The van der Waals surface area contributed by atoms with E-state index >= 15 is 0 Å². The number of nitrogens with zero attached hydrogens (tertiary/aromatic N) is 2. The number of thioether (sulfide) groups is 1. The van der Waals surface area contributed by atoms with Crippen molar-refractivity contribution in [3.05, 3.63) is 120 Å². The Hall–Kier alpha value is -2.98. The fraction of sp³-hybridized carbons (Fsp3) is 0.0333. The normalized spacial score (nSPS) is 15.0. The molecule has 6 nitrogen and oxygen atoms in total. The van der Waals surface area contributed by atoms with E-state index in [0.717, 1.165) is 5.56 Å². The van der Waals surface area contributed by atoms with E-state index in [1.54, 1.807) is 95.9 Å². The van der Waals surface area contributed by atoms with Gasteiger partial charge in [-0.05, 0) is 118 Å². The Morgan fingerprint density at radius 1 is 0.905 bits per heavy atom. The third-order valence-electron chi connectivity index (χ3n) is 5.76. The molecule has 0 radical (unpaired) electrons. The summed E-state index contributed by atoms with van der Waals surface area (Å²) in [5.41, 5.74) is 2.54. The Balaban J connectivity index is 1.33. The second-order valence-corrected chi connectivity index (χ2v) is 12.3. The van der Waals surface area contributed by atoms with Crippen LogP contribution in [-0.4, -0.2) is 23.6 Å². The van der Waals surface area contributed by atoms with Crippen LogP contribution >= 0.6 is 74.1 Å². The van der Waals surface area contributed by atoms with Crippen molar-refractivity contribution in [3.8, 4) is 5.75 Å². The number of hydrogen-bond acceptors (Lipinski definition) is 5. The maximum atomic E-state index is 13.6. The molecule has 5 rings (SSSR count). The molecule has 1 aliphatic heterocycles. The molecule has 1 heterocycles. The Morgan fingerprint density at radius 3 is 2.26 bits per heavy atom. The van der Waals surface area contributed by atoms with Gasteiger partial charge >= 0.3 is 0 Å². The predicted octanol–water partition coefficient (Wildman–Crippen LogP) is 9.89. The molecule has 1 saturated heterocycles. The van der Waals surface area contributed by atoms with E-state index in [-0.39, 0.29) is 18.4 Å². The number of carbonyl (C=O) groups excluding carboxylic acids is 2. The highest BCUT2D eigenvalue weighted by Crippen LogP contribution is 2.38. The molecular formula is C30H18BrCl4N3O3S. The van der Waals surface area contributed by atoms with E-state index in [0.29, 0.717) is 57.4 Å². The number of amides is 2. The highest BCUT2D eigenvalue weighted by molar-refractivity contribution is 9.10. The van der Waals surface area contributed by atoms with Crippen LogP contribution in [0.15, 0.2) is 99.3 Å². The van der Waals surface area contributed by atoms with Crippen molar-refractivity contribution in [1.82, 2.24) is 0 Å². The number of carbonyl (C=O) groups is 2. The lowest BCUT2D eigenvalue weighted by molar-refractivity contribution is -0.118. The molecule has 4 aromatic carbocycles. The molecule has 12 heteroatoms. The molecule has 0 aliphatic carbocycles. The summed E-state index contributed by atoms with van der Waals surface area (Å²) in [6.45, 7) is -0.228. The van der Waals surface area contributed by atoms with Crippen LogP contribution in [0.5, 0.6) is 5.75 Å². The minimum atomic E-state index is -0.366. The first-order valence-corrected chi connectivity index (χ1v) is 15.3. The first-order chi connectivity index (χ1) is 20.2. The van der Waals surface area contributed by atoms with Gasteiger partial charge in [-0.2, -0.15) is 0 Å². The van der Waals surface area contributed by atoms with E-state index in [4.69, 9.17) is 56.1 Å². The van der Waals surface area contributed by atoms with Crippen LogP contribution in [0.2, 0.25) is 20.1 Å². The average molecular weight is 722 g/mol. The fourth-order valence-corrected chi connectivity index (χ4v) is 5.84. The lowest BCUT2D eigenvalue weighted by Gasteiger charge is -2.15. The second-order valence-electron chi connectivity index (χ2n) is 8.75. The van der Waals surface area contributed by atoms with Gasteiger partial charge in [-0.15, -0.1) is 0 Å². The molecule has 1 N–H and O–H groups in total. The third kappa shape index (κ3) is 7.50. The van der Waals surface area contributed by atoms with E-state index < -0.39 is 0 Å². The molecule has 0 saturated carbocycles. The number of rotatable bonds is 7. The zero-order valence-corrected chi connectivity index (χ0v) is 26.7. The first kappa shape index (κ1) is 30.5. The molecule has 1 fully saturated rings. The van der Waals surface area contributed by atoms with Crippen LogP contribution < -0.4 is 15.0 Å². The monoisotopic (exact) mass is 719 g/mol. The van der Waals surface area contributed by atoms with Crippen molar-refractivity contribution in [3.63, 3.8) is 0 Å². The molecule has 42 heavy (non-hydrogen) atoms. The standard InChI is InChI=1S/C30H18BrCl4N3O3S/c31-23-13-17(1-12-26(23)41-16-28(39)36-21-8-11-24(34)25(35)15-21)14-27-29(40)38(22-9-4-19(33)5-10-22)30(42-27)37-20-6-2-18(32)3-7-20/h1-15H,16H2,(H,36,39)/b27-14+,37-30?. The largest absolute Gasteiger partial charge is 0.483 e. The molecule has 1 aliphatic rings. The summed E-state index contributed by atoms with van der Waals surface area (Å²) >= 11 is 28.8. The lowest BCUT2D eigenvalue weighted by Crippen LogP contribution is -2.28. The van der Waals surface area contributed by atoms with Crippen LogP contribution in [0.4, 0.5) is 17.1 Å². The van der Waals surface area contributed by atoms with E-state index in [2.05, 4.69) is 21.2 Å². The van der Waals surface area contributed by atoms with E-state index in [1.165, 1.54) is 11.8 Å². The highest BCUT2D eigenvalue weighted by Gasteiger charge is 2.34. The summed E-state index contributed by atoms with van der Waals surface area (Å²) in [4.78, 5) is 32.7. The summed E-state index contributed by atoms with van der Waals surface area (Å²) in [6, 6.07) is 24.1. The average Bonchev–Trinajstić information content (AvgIpc) is 3.26. The van der Waals surface area contributed by atoms with Crippen LogP contribution in [-0.2, 0) is 9.59 Å². The third-order valence-corrected chi connectivity index (χ3v) is 8.59. The fourth-order valence-electron chi connectivity index (χ4n) is 3.78. The summed E-state index contributed by atoms with van der Waals surface area (Å²) in [5, 5.41) is 5.08. The number of aliphatic imine (C=N–C) groups is 1. The molecule has 212 valence electrons. The smallest absolute Gasteiger partial charge is 0.271 e. The Bertz CT molecular complexity index is 1730. The van der Waals surface area contributed by atoms with Crippen LogP contribution in [0.1, 0.15) is 5.56 Å². The van der Waals surface area contributed by atoms with Gasteiger partial charge in [0.1, 0.15) is 5.75 Å². The zero-order chi connectivity index (χ0) is 29.8. The summed E-state index contributed by atoms with van der Waals surface area (Å²) in [6.07, 6.45) is 1.77. The molecular weight excluding hydrogens is 704 g/mol. The Kier molecular flexibility index (Phi) is 9.83. The maximum Gasteiger partial charge on any atom is 0.271 e. The van der Waals surface area contributed by atoms with Gasteiger partial charge in [0.25, 0.3) is 11.8 Å². The SMILES string of the molecule is O=C(COc1ccc(/C=C2/SC(=Nc3ccc(Cl)cc3)N(c3ccc(Cl)cc3)C2=O)cc1Br)Nc1ccc(Cl)c(Cl)c1.